The van der Waals surface area contributed by atoms with Crippen molar-refractivity contribution in [2.75, 3.05) is 25.1 Å². The van der Waals surface area contributed by atoms with Gasteiger partial charge in [-0.2, -0.15) is 0 Å². The van der Waals surface area contributed by atoms with Crippen molar-refractivity contribution in [2.45, 2.75) is 57.1 Å². The minimum Gasteiger partial charge on any atom is -0.493 e. The van der Waals surface area contributed by atoms with Crippen LogP contribution in [0.3, 0.4) is 0 Å². The van der Waals surface area contributed by atoms with E-state index in [-0.39, 0.29) is 41.2 Å². The molecule has 9 nitrogen and oxygen atoms in total. The lowest BCUT2D eigenvalue weighted by atomic mass is 10.1. The Morgan fingerprint density at radius 3 is 2.12 bits per heavy atom. The van der Waals surface area contributed by atoms with Crippen LogP contribution in [0.5, 0.6) is 11.5 Å². The van der Waals surface area contributed by atoms with Crippen LogP contribution < -0.4 is 19.1 Å². The second kappa shape index (κ2) is 14.7. The number of rotatable bonds is 14. The van der Waals surface area contributed by atoms with Crippen LogP contribution in [0, 0.1) is 5.82 Å². The molecule has 0 radical (unpaired) electrons. The highest BCUT2D eigenvalue weighted by Crippen LogP contribution is 2.34. The number of carbonyl (C=O) groups is 2. The highest BCUT2D eigenvalue weighted by molar-refractivity contribution is 7.92. The number of methoxy groups -OCH3 is 2. The fourth-order valence-electron chi connectivity index (χ4n) is 4.38. The molecule has 0 spiro atoms. The van der Waals surface area contributed by atoms with E-state index in [1.54, 1.807) is 31.2 Å². The number of nitrogens with one attached hydrogen (secondary N) is 1. The summed E-state index contributed by atoms with van der Waals surface area (Å²) in [7, 11) is -1.36. The molecule has 0 bridgehead atoms. The molecule has 0 aliphatic heterocycles. The largest absolute Gasteiger partial charge is 0.493 e. The second-order valence-electron chi connectivity index (χ2n) is 9.75. The van der Waals surface area contributed by atoms with Gasteiger partial charge in [0.2, 0.25) is 11.8 Å². The third kappa shape index (κ3) is 7.79. The van der Waals surface area contributed by atoms with Gasteiger partial charge in [0, 0.05) is 18.7 Å². The van der Waals surface area contributed by atoms with E-state index in [9.17, 15) is 22.4 Å². The number of amides is 2. The van der Waals surface area contributed by atoms with E-state index in [0.717, 1.165) is 4.31 Å². The van der Waals surface area contributed by atoms with Crippen molar-refractivity contribution in [3.8, 4) is 11.5 Å². The van der Waals surface area contributed by atoms with Crippen LogP contribution in [0.2, 0.25) is 0 Å². The van der Waals surface area contributed by atoms with Gasteiger partial charge in [-0.1, -0.05) is 44.2 Å². The van der Waals surface area contributed by atoms with Gasteiger partial charge in [-0.25, -0.2) is 12.8 Å². The molecule has 3 aromatic carbocycles. The number of ether oxygens (including phenoxy) is 2. The Kier molecular flexibility index (Phi) is 11.3. The van der Waals surface area contributed by atoms with Crippen LogP contribution in [0.1, 0.15) is 39.2 Å². The Morgan fingerprint density at radius 2 is 1.55 bits per heavy atom. The minimum atomic E-state index is -4.24. The van der Waals surface area contributed by atoms with Crippen molar-refractivity contribution in [2.24, 2.45) is 0 Å². The molecule has 226 valence electrons. The number of halogens is 1. The molecule has 0 aliphatic rings. The lowest BCUT2D eigenvalue weighted by Gasteiger charge is -2.33. The predicted octanol–water partition coefficient (Wildman–Crippen LogP) is 4.76. The zero-order chi connectivity index (χ0) is 30.9. The van der Waals surface area contributed by atoms with Gasteiger partial charge in [0.1, 0.15) is 18.4 Å². The summed E-state index contributed by atoms with van der Waals surface area (Å²) in [4.78, 5) is 28.8. The molecule has 0 saturated heterocycles. The molecular weight excluding hydrogens is 561 g/mol. The number of anilines is 1. The van der Waals surface area contributed by atoms with Crippen molar-refractivity contribution < 1.29 is 31.9 Å². The predicted molar refractivity (Wildman–Crippen MR) is 159 cm³/mol. The number of nitrogens with zero attached hydrogens (tertiary/aromatic N) is 2. The third-order valence-corrected chi connectivity index (χ3v) is 8.71. The first-order valence-corrected chi connectivity index (χ1v) is 15.1. The Bertz CT molecular complexity index is 1450. The maximum absolute atomic E-state index is 14.1. The third-order valence-electron chi connectivity index (χ3n) is 6.92. The molecule has 0 heterocycles. The smallest absolute Gasteiger partial charge is 0.264 e. The molecule has 2 amide bonds. The molecule has 0 aliphatic carbocycles. The summed E-state index contributed by atoms with van der Waals surface area (Å²) in [5, 5.41) is 2.92. The van der Waals surface area contributed by atoms with Crippen molar-refractivity contribution in [3.05, 3.63) is 84.2 Å². The summed E-state index contributed by atoms with van der Waals surface area (Å²) in [6, 6.07) is 16.9. The van der Waals surface area contributed by atoms with E-state index in [0.29, 0.717) is 17.7 Å². The Balaban J connectivity index is 2.10. The number of hydrogen-bond donors (Lipinski definition) is 1. The standard InChI is InChI=1S/C31H38FN3O6S/c1-6-22(3)33-31(37)27(7-2)34(20-23-13-15-24(32)16-14-23)30(36)21-35(42(38,39)26-11-9-8-10-12-26)25-17-18-28(40-4)29(19-25)41-5/h8-19,22,27H,6-7,20-21H2,1-5H3,(H,33,37)/t22-,27-/m1/s1. The van der Waals surface area contributed by atoms with Crippen LogP contribution in [-0.2, 0) is 26.2 Å². The molecule has 2 atom stereocenters. The molecule has 1 N–H and O–H groups in total. The Hall–Kier alpha value is -4.12. The quantitative estimate of drug-likeness (QED) is 0.287. The van der Waals surface area contributed by atoms with Crippen molar-refractivity contribution in [3.63, 3.8) is 0 Å². The molecule has 0 saturated carbocycles. The second-order valence-corrected chi connectivity index (χ2v) is 11.6. The number of carbonyl (C=O) groups excluding carboxylic acids is 2. The molecule has 0 unspecified atom stereocenters. The fourth-order valence-corrected chi connectivity index (χ4v) is 5.80. The zero-order valence-corrected chi connectivity index (χ0v) is 25.4. The van der Waals surface area contributed by atoms with E-state index in [1.165, 1.54) is 67.7 Å². The average Bonchev–Trinajstić information content (AvgIpc) is 3.00. The van der Waals surface area contributed by atoms with Crippen LogP contribution in [0.15, 0.2) is 77.7 Å². The van der Waals surface area contributed by atoms with E-state index in [1.807, 2.05) is 13.8 Å². The average molecular weight is 600 g/mol. The lowest BCUT2D eigenvalue weighted by Crippen LogP contribution is -2.53. The summed E-state index contributed by atoms with van der Waals surface area (Å²) in [5.41, 5.74) is 0.756. The van der Waals surface area contributed by atoms with E-state index >= 15 is 0 Å². The van der Waals surface area contributed by atoms with Crippen molar-refractivity contribution in [1.29, 1.82) is 0 Å². The highest BCUT2D eigenvalue weighted by atomic mass is 32.2. The van der Waals surface area contributed by atoms with Crippen LogP contribution in [-0.4, -0.2) is 58.0 Å². The first-order chi connectivity index (χ1) is 20.0. The van der Waals surface area contributed by atoms with Crippen molar-refractivity contribution in [1.82, 2.24) is 10.2 Å². The van der Waals surface area contributed by atoms with Crippen LogP contribution in [0.4, 0.5) is 10.1 Å². The number of sulfonamides is 1. The van der Waals surface area contributed by atoms with Gasteiger partial charge in [0.05, 0.1) is 24.8 Å². The van der Waals surface area contributed by atoms with Gasteiger partial charge in [-0.3, -0.25) is 13.9 Å². The van der Waals surface area contributed by atoms with Crippen LogP contribution >= 0.6 is 0 Å². The van der Waals surface area contributed by atoms with E-state index < -0.39 is 34.3 Å². The van der Waals surface area contributed by atoms with Gasteiger partial charge < -0.3 is 19.7 Å². The van der Waals surface area contributed by atoms with E-state index in [2.05, 4.69) is 5.32 Å². The Morgan fingerprint density at radius 1 is 0.905 bits per heavy atom. The SMILES string of the molecule is CC[C@@H](C)NC(=O)[C@@H](CC)N(Cc1ccc(F)cc1)C(=O)CN(c1ccc(OC)c(OC)c1)S(=O)(=O)c1ccccc1. The summed E-state index contributed by atoms with van der Waals surface area (Å²) >= 11 is 0. The van der Waals surface area contributed by atoms with Gasteiger partial charge in [0.25, 0.3) is 10.0 Å². The zero-order valence-electron chi connectivity index (χ0n) is 24.5. The maximum atomic E-state index is 14.1. The fraction of sp³-hybridized carbons (Fsp3) is 0.355. The highest BCUT2D eigenvalue weighted by Gasteiger charge is 2.34. The minimum absolute atomic E-state index is 0.0146. The van der Waals surface area contributed by atoms with Crippen molar-refractivity contribution >= 4 is 27.5 Å². The normalized spacial score (nSPS) is 12.6. The maximum Gasteiger partial charge on any atom is 0.264 e. The molecule has 3 aromatic rings. The first-order valence-electron chi connectivity index (χ1n) is 13.7. The summed E-state index contributed by atoms with van der Waals surface area (Å²) in [6.07, 6.45) is 0.966. The topological polar surface area (TPSA) is 105 Å². The molecule has 0 aromatic heterocycles. The van der Waals surface area contributed by atoms with Gasteiger partial charge in [0.15, 0.2) is 11.5 Å². The molecule has 0 fully saturated rings. The molecule has 3 rings (SSSR count). The van der Waals surface area contributed by atoms with Gasteiger partial charge in [-0.05, 0) is 61.7 Å². The Labute approximate surface area is 247 Å². The van der Waals surface area contributed by atoms with Gasteiger partial charge >= 0.3 is 0 Å². The monoisotopic (exact) mass is 599 g/mol. The number of hydrogen-bond acceptors (Lipinski definition) is 6. The summed E-state index contributed by atoms with van der Waals surface area (Å²) in [6.45, 7) is 4.93. The molecular formula is C31H38FN3O6S. The number of benzene rings is 3. The molecule has 42 heavy (non-hydrogen) atoms. The lowest BCUT2D eigenvalue weighted by molar-refractivity contribution is -0.140. The summed E-state index contributed by atoms with van der Waals surface area (Å²) < 4.78 is 53.3. The van der Waals surface area contributed by atoms with Crippen LogP contribution in [0.25, 0.3) is 0 Å². The molecule has 11 heteroatoms. The summed E-state index contributed by atoms with van der Waals surface area (Å²) in [5.74, 6) is -0.744. The van der Waals surface area contributed by atoms with E-state index in [4.69, 9.17) is 9.47 Å². The first kappa shape index (κ1) is 32.4. The van der Waals surface area contributed by atoms with Gasteiger partial charge in [-0.15, -0.1) is 0 Å².